The number of nitrogens with one attached hydrogen (secondary N) is 2. The van der Waals surface area contributed by atoms with Gasteiger partial charge in [0, 0.05) is 25.2 Å². The van der Waals surface area contributed by atoms with Crippen LogP contribution in [-0.2, 0) is 0 Å². The van der Waals surface area contributed by atoms with Crippen molar-refractivity contribution in [2.24, 2.45) is 0 Å². The maximum atomic E-state index is 12.8. The number of hydrogen-bond donors (Lipinski definition) is 2. The lowest BCUT2D eigenvalue weighted by Crippen LogP contribution is -2.49. The zero-order valence-corrected chi connectivity index (χ0v) is 13.6. The molecule has 6 nitrogen and oxygen atoms in total. The highest BCUT2D eigenvalue weighted by Gasteiger charge is 2.36. The fourth-order valence-corrected chi connectivity index (χ4v) is 3.92. The predicted octanol–water partition coefficient (Wildman–Crippen LogP) is 1.99. The molecule has 0 aromatic carbocycles. The monoisotopic (exact) mass is 327 g/mol. The van der Waals surface area contributed by atoms with E-state index in [1.807, 2.05) is 0 Å². The number of H-pyrrole nitrogens is 1. The smallest absolute Gasteiger partial charge is 0.261 e. The Morgan fingerprint density at radius 1 is 1.21 bits per heavy atom. The van der Waals surface area contributed by atoms with Crippen LogP contribution in [0.3, 0.4) is 0 Å². The lowest BCUT2D eigenvalue weighted by molar-refractivity contribution is 0.0680. The Balaban J connectivity index is 1.54. The fraction of sp³-hybridized carbons (Fsp3) is 0.444. The Bertz CT molecular complexity index is 784. The highest BCUT2D eigenvalue weighted by atomic mass is 16.3. The number of carbonyl (C=O) groups is 1. The number of fused-ring (bicyclic) bond motifs is 2. The topological polar surface area (TPSA) is 78.3 Å². The molecule has 0 saturated carbocycles. The van der Waals surface area contributed by atoms with Crippen molar-refractivity contribution in [3.8, 4) is 11.5 Å². The third kappa shape index (κ3) is 2.67. The van der Waals surface area contributed by atoms with Gasteiger partial charge in [0.1, 0.15) is 11.3 Å². The van der Waals surface area contributed by atoms with Gasteiger partial charge in [-0.3, -0.25) is 9.59 Å². The standard InChI is InChI=1S/C18H21N3O3/c1-21(13-9-11-4-5-12(10-13)19-11)18(23)14-6-7-15(20-17(14)22)16-3-2-8-24-16/h2-3,6-8,11-13,19H,4-5,9-10H2,1H3,(H,20,22). The first-order valence-corrected chi connectivity index (χ1v) is 8.42. The number of rotatable bonds is 3. The molecule has 2 aliphatic heterocycles. The summed E-state index contributed by atoms with van der Waals surface area (Å²) in [5, 5.41) is 3.57. The highest BCUT2D eigenvalue weighted by Crippen LogP contribution is 2.29. The van der Waals surface area contributed by atoms with Crippen LogP contribution < -0.4 is 10.9 Å². The number of piperidine rings is 1. The number of hydrogen-bond acceptors (Lipinski definition) is 4. The molecule has 4 rings (SSSR count). The fourth-order valence-electron chi connectivity index (χ4n) is 3.92. The third-order valence-electron chi connectivity index (χ3n) is 5.24. The van der Waals surface area contributed by atoms with Crippen molar-refractivity contribution in [2.75, 3.05) is 7.05 Å². The number of amides is 1. The van der Waals surface area contributed by atoms with Crippen molar-refractivity contribution < 1.29 is 9.21 Å². The molecule has 2 atom stereocenters. The molecule has 2 N–H and O–H groups in total. The molecule has 2 aromatic heterocycles. The minimum atomic E-state index is -0.377. The lowest BCUT2D eigenvalue weighted by Gasteiger charge is -2.35. The first-order valence-electron chi connectivity index (χ1n) is 8.42. The number of aromatic nitrogens is 1. The van der Waals surface area contributed by atoms with Gasteiger partial charge < -0.3 is 19.6 Å². The van der Waals surface area contributed by atoms with E-state index >= 15 is 0 Å². The summed E-state index contributed by atoms with van der Waals surface area (Å²) in [5.41, 5.74) is 0.375. The molecule has 2 unspecified atom stereocenters. The quantitative estimate of drug-likeness (QED) is 0.904. The summed E-state index contributed by atoms with van der Waals surface area (Å²) in [4.78, 5) is 29.6. The molecule has 2 bridgehead atoms. The van der Waals surface area contributed by atoms with Crippen LogP contribution in [0.2, 0.25) is 0 Å². The molecule has 2 aliphatic rings. The van der Waals surface area contributed by atoms with Crippen LogP contribution in [0.15, 0.2) is 39.7 Å². The summed E-state index contributed by atoms with van der Waals surface area (Å²) in [7, 11) is 1.80. The van der Waals surface area contributed by atoms with E-state index < -0.39 is 0 Å². The lowest BCUT2D eigenvalue weighted by atomic mass is 9.98. The molecule has 6 heteroatoms. The molecular formula is C18H21N3O3. The molecule has 0 radical (unpaired) electrons. The van der Waals surface area contributed by atoms with E-state index in [2.05, 4.69) is 10.3 Å². The van der Waals surface area contributed by atoms with Crippen molar-refractivity contribution in [3.05, 3.63) is 46.4 Å². The molecule has 126 valence electrons. The second kappa shape index (κ2) is 5.94. The largest absolute Gasteiger partial charge is 0.463 e. The Kier molecular flexibility index (Phi) is 3.76. The Morgan fingerprint density at radius 2 is 1.96 bits per heavy atom. The van der Waals surface area contributed by atoms with E-state index in [4.69, 9.17) is 4.42 Å². The molecule has 24 heavy (non-hydrogen) atoms. The number of carbonyl (C=O) groups excluding carboxylic acids is 1. The number of nitrogens with zero attached hydrogens (tertiary/aromatic N) is 1. The Hall–Kier alpha value is -2.34. The van der Waals surface area contributed by atoms with E-state index in [0.29, 0.717) is 23.5 Å². The summed E-state index contributed by atoms with van der Waals surface area (Å²) < 4.78 is 5.28. The third-order valence-corrected chi connectivity index (χ3v) is 5.24. The van der Waals surface area contributed by atoms with Gasteiger partial charge in [-0.1, -0.05) is 0 Å². The molecule has 4 heterocycles. The van der Waals surface area contributed by atoms with E-state index in [1.54, 1.807) is 42.5 Å². The summed E-state index contributed by atoms with van der Waals surface area (Å²) in [6.07, 6.45) is 5.83. The van der Waals surface area contributed by atoms with Crippen molar-refractivity contribution in [2.45, 2.75) is 43.8 Å². The SMILES string of the molecule is CN(C(=O)c1ccc(-c2ccco2)[nH]c1=O)C1CC2CCC(C1)N2. The normalized spacial score (nSPS) is 25.6. The molecular weight excluding hydrogens is 306 g/mol. The van der Waals surface area contributed by atoms with Gasteiger partial charge in [0.15, 0.2) is 0 Å². The van der Waals surface area contributed by atoms with Gasteiger partial charge in [-0.2, -0.15) is 0 Å². The van der Waals surface area contributed by atoms with Crippen LogP contribution in [0.4, 0.5) is 0 Å². The maximum Gasteiger partial charge on any atom is 0.261 e. The number of aromatic amines is 1. The van der Waals surface area contributed by atoms with Gasteiger partial charge in [-0.15, -0.1) is 0 Å². The van der Waals surface area contributed by atoms with Gasteiger partial charge in [0.2, 0.25) is 0 Å². The van der Waals surface area contributed by atoms with Gasteiger partial charge in [0.05, 0.1) is 12.0 Å². The minimum absolute atomic E-state index is 0.179. The summed E-state index contributed by atoms with van der Waals surface area (Å²) in [6, 6.07) is 8.03. The molecule has 0 aliphatic carbocycles. The van der Waals surface area contributed by atoms with E-state index in [0.717, 1.165) is 12.8 Å². The number of pyridine rings is 1. The van der Waals surface area contributed by atoms with Crippen LogP contribution in [0.5, 0.6) is 0 Å². The predicted molar refractivity (Wildman–Crippen MR) is 89.8 cm³/mol. The average Bonchev–Trinajstić information content (AvgIpc) is 3.23. The minimum Gasteiger partial charge on any atom is -0.463 e. The summed E-state index contributed by atoms with van der Waals surface area (Å²) >= 11 is 0. The second-order valence-corrected chi connectivity index (χ2v) is 6.77. The highest BCUT2D eigenvalue weighted by molar-refractivity contribution is 5.94. The summed E-state index contributed by atoms with van der Waals surface area (Å²) in [6.45, 7) is 0. The van der Waals surface area contributed by atoms with Crippen molar-refractivity contribution in [1.29, 1.82) is 0 Å². The Labute approximate surface area is 139 Å². The van der Waals surface area contributed by atoms with Gasteiger partial charge in [0.25, 0.3) is 11.5 Å². The zero-order chi connectivity index (χ0) is 16.7. The maximum absolute atomic E-state index is 12.8. The van der Waals surface area contributed by atoms with Crippen LogP contribution in [-0.4, -0.2) is 41.0 Å². The average molecular weight is 327 g/mol. The van der Waals surface area contributed by atoms with Crippen LogP contribution in [0.1, 0.15) is 36.0 Å². The van der Waals surface area contributed by atoms with E-state index in [1.165, 1.54) is 12.8 Å². The first kappa shape index (κ1) is 15.2. The van der Waals surface area contributed by atoms with Gasteiger partial charge in [-0.25, -0.2) is 0 Å². The molecule has 1 amide bonds. The van der Waals surface area contributed by atoms with Crippen molar-refractivity contribution in [3.63, 3.8) is 0 Å². The molecule has 2 fully saturated rings. The van der Waals surface area contributed by atoms with Gasteiger partial charge in [-0.05, 0) is 49.9 Å². The number of furan rings is 1. The van der Waals surface area contributed by atoms with Crippen molar-refractivity contribution >= 4 is 5.91 Å². The molecule has 0 spiro atoms. The van der Waals surface area contributed by atoms with Crippen LogP contribution in [0, 0.1) is 0 Å². The van der Waals surface area contributed by atoms with E-state index in [9.17, 15) is 9.59 Å². The van der Waals surface area contributed by atoms with E-state index in [-0.39, 0.29) is 23.1 Å². The van der Waals surface area contributed by atoms with Gasteiger partial charge >= 0.3 is 0 Å². The Morgan fingerprint density at radius 3 is 2.58 bits per heavy atom. The zero-order valence-electron chi connectivity index (χ0n) is 13.6. The molecule has 2 aromatic rings. The van der Waals surface area contributed by atoms with Crippen molar-refractivity contribution in [1.82, 2.24) is 15.2 Å². The second-order valence-electron chi connectivity index (χ2n) is 6.77. The van der Waals surface area contributed by atoms with Crippen LogP contribution >= 0.6 is 0 Å². The first-order chi connectivity index (χ1) is 11.6. The van der Waals surface area contributed by atoms with Crippen LogP contribution in [0.25, 0.3) is 11.5 Å². The molecule has 2 saturated heterocycles. The summed E-state index contributed by atoms with van der Waals surface area (Å²) in [5.74, 6) is 0.364.